The average molecular weight is 308 g/mol. The van der Waals surface area contributed by atoms with E-state index in [4.69, 9.17) is 22.0 Å². The molecular weight excluding hydrogens is 298 g/mol. The number of thiazole rings is 1. The van der Waals surface area contributed by atoms with Crippen LogP contribution >= 0.6 is 22.9 Å². The van der Waals surface area contributed by atoms with E-state index in [1.807, 2.05) is 6.07 Å². The fraction of sp³-hybridized carbons (Fsp3) is 0.154. The molecule has 102 valence electrons. The molecule has 20 heavy (non-hydrogen) atoms. The Labute approximate surface area is 124 Å². The van der Waals surface area contributed by atoms with Gasteiger partial charge in [0.05, 0.1) is 11.6 Å². The lowest BCUT2D eigenvalue weighted by molar-refractivity contribution is 0.0702. The highest BCUT2D eigenvalue weighted by atomic mass is 35.5. The van der Waals surface area contributed by atoms with Gasteiger partial charge in [-0.2, -0.15) is 5.26 Å². The number of carbonyl (C=O) groups is 1. The van der Waals surface area contributed by atoms with Gasteiger partial charge in [0.25, 0.3) is 0 Å². The van der Waals surface area contributed by atoms with Crippen molar-refractivity contribution in [2.75, 3.05) is 11.9 Å². The lowest BCUT2D eigenvalue weighted by Crippen LogP contribution is -2.16. The predicted octanol–water partition coefficient (Wildman–Crippen LogP) is 3.00. The number of nitrogens with zero attached hydrogens (tertiary/aromatic N) is 3. The first-order valence-corrected chi connectivity index (χ1v) is 6.80. The predicted molar refractivity (Wildman–Crippen MR) is 77.3 cm³/mol. The minimum atomic E-state index is -1.08. The summed E-state index contributed by atoms with van der Waals surface area (Å²) in [6.07, 6.45) is 0. The number of rotatable bonds is 4. The number of carboxylic acids is 1. The van der Waals surface area contributed by atoms with Crippen LogP contribution in [0.3, 0.4) is 0 Å². The number of halogens is 1. The number of hydrogen-bond donors (Lipinski definition) is 1. The molecule has 0 aliphatic heterocycles. The largest absolute Gasteiger partial charge is 0.477 e. The lowest BCUT2D eigenvalue weighted by atomic mass is 10.1. The quantitative estimate of drug-likeness (QED) is 0.939. The van der Waals surface area contributed by atoms with Crippen molar-refractivity contribution < 1.29 is 9.90 Å². The summed E-state index contributed by atoms with van der Waals surface area (Å²) in [6, 6.07) is 9.29. The van der Waals surface area contributed by atoms with E-state index in [2.05, 4.69) is 11.1 Å². The van der Waals surface area contributed by atoms with Crippen LogP contribution < -0.4 is 4.90 Å². The van der Waals surface area contributed by atoms with E-state index in [0.29, 0.717) is 17.2 Å². The lowest BCUT2D eigenvalue weighted by Gasteiger charge is -2.15. The fourth-order valence-electron chi connectivity index (χ4n) is 1.67. The van der Waals surface area contributed by atoms with Crippen LogP contribution in [0.1, 0.15) is 20.8 Å². The second-order valence-corrected chi connectivity index (χ2v) is 5.43. The van der Waals surface area contributed by atoms with Crippen LogP contribution in [0, 0.1) is 11.3 Å². The van der Waals surface area contributed by atoms with Gasteiger partial charge < -0.3 is 10.0 Å². The molecule has 1 N–H and O–H groups in total. The molecule has 2 aromatic rings. The van der Waals surface area contributed by atoms with Crippen molar-refractivity contribution in [3.8, 4) is 6.07 Å². The molecule has 7 heteroatoms. The Balaban J connectivity index is 2.19. The minimum absolute atomic E-state index is 0.00451. The van der Waals surface area contributed by atoms with Crippen LogP contribution in [0.5, 0.6) is 0 Å². The molecule has 0 atom stereocenters. The highest BCUT2D eigenvalue weighted by molar-refractivity contribution is 7.18. The van der Waals surface area contributed by atoms with Crippen LogP contribution in [-0.2, 0) is 6.54 Å². The molecule has 0 saturated carbocycles. The van der Waals surface area contributed by atoms with Crippen molar-refractivity contribution in [1.82, 2.24) is 4.98 Å². The van der Waals surface area contributed by atoms with E-state index < -0.39 is 5.97 Å². The topological polar surface area (TPSA) is 77.2 Å². The summed E-state index contributed by atoms with van der Waals surface area (Å²) in [7, 11) is 1.79. The second-order valence-electron chi connectivity index (χ2n) is 4.09. The van der Waals surface area contributed by atoms with Gasteiger partial charge in [0.2, 0.25) is 0 Å². The highest BCUT2D eigenvalue weighted by Crippen LogP contribution is 2.29. The molecule has 0 aliphatic rings. The van der Waals surface area contributed by atoms with Crippen LogP contribution in [-0.4, -0.2) is 23.1 Å². The molecule has 1 aromatic heterocycles. The molecule has 0 bridgehead atoms. The zero-order valence-electron chi connectivity index (χ0n) is 10.5. The van der Waals surface area contributed by atoms with Gasteiger partial charge in [-0.15, -0.1) is 0 Å². The van der Waals surface area contributed by atoms with Gasteiger partial charge in [-0.3, -0.25) is 0 Å². The molecule has 0 spiro atoms. The van der Waals surface area contributed by atoms with Crippen molar-refractivity contribution in [3.05, 3.63) is 45.4 Å². The molecule has 0 saturated heterocycles. The number of anilines is 1. The number of aromatic carboxylic acids is 1. The standard InChI is InChI=1S/C13H10ClN3O2S/c1-17(7-9-4-2-3-8(5-9)6-15)13-16-11(14)10(20-13)12(18)19/h2-5H,7H2,1H3,(H,18,19). The average Bonchev–Trinajstić information content (AvgIpc) is 2.81. The van der Waals surface area contributed by atoms with E-state index >= 15 is 0 Å². The normalized spacial score (nSPS) is 10.1. The van der Waals surface area contributed by atoms with Gasteiger partial charge in [0.15, 0.2) is 15.2 Å². The number of aromatic nitrogens is 1. The maximum absolute atomic E-state index is 10.9. The third-order valence-corrected chi connectivity index (χ3v) is 4.11. The van der Waals surface area contributed by atoms with Crippen molar-refractivity contribution >= 4 is 34.0 Å². The zero-order chi connectivity index (χ0) is 14.7. The summed E-state index contributed by atoms with van der Waals surface area (Å²) in [4.78, 5) is 16.8. The van der Waals surface area contributed by atoms with E-state index in [-0.39, 0.29) is 10.0 Å². The molecule has 5 nitrogen and oxygen atoms in total. The molecule has 0 unspecified atom stereocenters. The Hall–Kier alpha value is -2.10. The Morgan fingerprint density at radius 3 is 2.95 bits per heavy atom. The number of nitriles is 1. The van der Waals surface area contributed by atoms with Crippen molar-refractivity contribution in [1.29, 1.82) is 5.26 Å². The molecule has 1 aromatic carbocycles. The van der Waals surface area contributed by atoms with Gasteiger partial charge in [-0.1, -0.05) is 35.1 Å². The van der Waals surface area contributed by atoms with E-state index in [9.17, 15) is 4.79 Å². The number of benzene rings is 1. The molecule has 0 aliphatic carbocycles. The first kappa shape index (κ1) is 14.3. The third-order valence-electron chi connectivity index (χ3n) is 2.57. The van der Waals surface area contributed by atoms with Gasteiger partial charge in [0.1, 0.15) is 0 Å². The smallest absolute Gasteiger partial charge is 0.349 e. The second kappa shape index (κ2) is 5.90. The van der Waals surface area contributed by atoms with Crippen molar-refractivity contribution in [3.63, 3.8) is 0 Å². The number of hydrogen-bond acceptors (Lipinski definition) is 5. The first-order chi connectivity index (χ1) is 9.51. The third kappa shape index (κ3) is 3.07. The van der Waals surface area contributed by atoms with E-state index in [0.717, 1.165) is 16.9 Å². The van der Waals surface area contributed by atoms with Gasteiger partial charge in [-0.25, -0.2) is 9.78 Å². The van der Waals surface area contributed by atoms with Crippen molar-refractivity contribution in [2.24, 2.45) is 0 Å². The Bertz CT molecular complexity index is 693. The SMILES string of the molecule is CN(Cc1cccc(C#N)c1)c1nc(Cl)c(C(=O)O)s1. The monoisotopic (exact) mass is 307 g/mol. The van der Waals surface area contributed by atoms with Gasteiger partial charge in [-0.05, 0) is 17.7 Å². The highest BCUT2D eigenvalue weighted by Gasteiger charge is 2.17. The Morgan fingerprint density at radius 2 is 2.35 bits per heavy atom. The zero-order valence-corrected chi connectivity index (χ0v) is 12.1. The van der Waals surface area contributed by atoms with Gasteiger partial charge in [0, 0.05) is 13.6 Å². The van der Waals surface area contributed by atoms with Crippen LogP contribution in [0.2, 0.25) is 5.15 Å². The first-order valence-electron chi connectivity index (χ1n) is 5.61. The van der Waals surface area contributed by atoms with Crippen molar-refractivity contribution in [2.45, 2.75) is 6.54 Å². The van der Waals surface area contributed by atoms with Crippen LogP contribution in [0.25, 0.3) is 0 Å². The summed E-state index contributed by atoms with van der Waals surface area (Å²) >= 11 is 6.81. The maximum atomic E-state index is 10.9. The summed E-state index contributed by atoms with van der Waals surface area (Å²) in [6.45, 7) is 0.512. The summed E-state index contributed by atoms with van der Waals surface area (Å²) in [5.74, 6) is -1.08. The summed E-state index contributed by atoms with van der Waals surface area (Å²) in [5.41, 5.74) is 1.52. The molecule has 1 heterocycles. The number of carboxylic acid groups (broad SMARTS) is 1. The van der Waals surface area contributed by atoms with E-state index in [1.54, 1.807) is 30.1 Å². The molecule has 0 radical (unpaired) electrons. The summed E-state index contributed by atoms with van der Waals surface area (Å²) in [5, 5.41) is 18.3. The Morgan fingerprint density at radius 1 is 1.60 bits per heavy atom. The molecule has 0 amide bonds. The summed E-state index contributed by atoms with van der Waals surface area (Å²) < 4.78 is 0. The van der Waals surface area contributed by atoms with Crippen LogP contribution in [0.4, 0.5) is 5.13 Å². The minimum Gasteiger partial charge on any atom is -0.477 e. The Kier molecular flexibility index (Phi) is 4.23. The molecule has 0 fully saturated rings. The van der Waals surface area contributed by atoms with E-state index in [1.165, 1.54) is 0 Å². The van der Waals surface area contributed by atoms with Crippen LogP contribution in [0.15, 0.2) is 24.3 Å². The maximum Gasteiger partial charge on any atom is 0.349 e. The fourth-order valence-corrected chi connectivity index (χ4v) is 2.75. The van der Waals surface area contributed by atoms with Gasteiger partial charge >= 0.3 is 5.97 Å². The molecule has 2 rings (SSSR count). The molecular formula is C13H10ClN3O2S.